The maximum Gasteiger partial charge on any atom is 0.147 e. The number of hydrogen-bond donors (Lipinski definition) is 1. The molecule has 0 fully saturated rings. The van der Waals surface area contributed by atoms with Crippen molar-refractivity contribution in [2.45, 2.75) is 19.8 Å². The minimum atomic E-state index is 0.139. The fraction of sp³-hybridized carbons (Fsp3) is 0.250. The number of nitrogens with zero attached hydrogens (tertiary/aromatic N) is 2. The fourth-order valence-electron chi connectivity index (χ4n) is 1.61. The van der Waals surface area contributed by atoms with Crippen LogP contribution in [-0.2, 0) is 0 Å². The number of imidazole rings is 1. The lowest BCUT2D eigenvalue weighted by atomic mass is 10.2. The van der Waals surface area contributed by atoms with Gasteiger partial charge in [-0.1, -0.05) is 37.0 Å². The van der Waals surface area contributed by atoms with Gasteiger partial charge in [0.2, 0.25) is 0 Å². The van der Waals surface area contributed by atoms with Gasteiger partial charge in [-0.05, 0) is 18.2 Å². The van der Waals surface area contributed by atoms with Gasteiger partial charge < -0.3 is 5.21 Å². The van der Waals surface area contributed by atoms with Crippen LogP contribution in [-0.4, -0.2) is 14.9 Å². The predicted molar refractivity (Wildman–Crippen MR) is 69.0 cm³/mol. The second-order valence-corrected chi connectivity index (χ2v) is 4.95. The van der Waals surface area contributed by atoms with Crippen LogP contribution in [0.3, 0.4) is 0 Å². The number of rotatable bonds is 2. The standard InChI is InChI=1S/C12H12Cl2N2O/c1-7(2)12-15-11(6-16(12)17)9-4-3-8(13)5-10(9)14/h3-7,17H,1-2H3. The molecule has 1 aromatic heterocycles. The summed E-state index contributed by atoms with van der Waals surface area (Å²) < 4.78 is 1.03. The monoisotopic (exact) mass is 270 g/mol. The Bertz CT molecular complexity index is 549. The van der Waals surface area contributed by atoms with E-state index in [1.54, 1.807) is 24.4 Å². The van der Waals surface area contributed by atoms with Crippen molar-refractivity contribution in [3.8, 4) is 11.3 Å². The molecule has 3 nitrogen and oxygen atoms in total. The molecule has 0 aliphatic heterocycles. The highest BCUT2D eigenvalue weighted by atomic mass is 35.5. The van der Waals surface area contributed by atoms with Crippen LogP contribution in [0.4, 0.5) is 0 Å². The molecular formula is C12H12Cl2N2O. The highest BCUT2D eigenvalue weighted by Gasteiger charge is 2.14. The maximum atomic E-state index is 9.69. The second kappa shape index (κ2) is 4.59. The Morgan fingerprint density at radius 2 is 2.00 bits per heavy atom. The summed E-state index contributed by atoms with van der Waals surface area (Å²) in [5.41, 5.74) is 1.39. The van der Waals surface area contributed by atoms with Gasteiger partial charge >= 0.3 is 0 Å². The van der Waals surface area contributed by atoms with E-state index < -0.39 is 0 Å². The van der Waals surface area contributed by atoms with Crippen molar-refractivity contribution in [1.29, 1.82) is 0 Å². The van der Waals surface area contributed by atoms with Gasteiger partial charge in [0, 0.05) is 16.5 Å². The van der Waals surface area contributed by atoms with E-state index in [2.05, 4.69) is 4.98 Å². The van der Waals surface area contributed by atoms with E-state index in [-0.39, 0.29) is 5.92 Å². The molecule has 0 saturated heterocycles. The maximum absolute atomic E-state index is 9.69. The van der Waals surface area contributed by atoms with E-state index in [4.69, 9.17) is 23.2 Å². The van der Waals surface area contributed by atoms with E-state index in [9.17, 15) is 5.21 Å². The summed E-state index contributed by atoms with van der Waals surface area (Å²) in [5.74, 6) is 0.742. The summed E-state index contributed by atoms with van der Waals surface area (Å²) in [4.78, 5) is 4.36. The molecule has 17 heavy (non-hydrogen) atoms. The van der Waals surface area contributed by atoms with Crippen molar-refractivity contribution in [3.05, 3.63) is 40.3 Å². The molecule has 1 aromatic carbocycles. The van der Waals surface area contributed by atoms with E-state index in [1.165, 1.54) is 0 Å². The Morgan fingerprint density at radius 1 is 1.29 bits per heavy atom. The minimum absolute atomic E-state index is 0.139. The molecule has 0 radical (unpaired) electrons. The summed E-state index contributed by atoms with van der Waals surface area (Å²) in [6.45, 7) is 3.92. The third kappa shape index (κ3) is 2.40. The minimum Gasteiger partial charge on any atom is -0.427 e. The Hall–Kier alpha value is -1.19. The lowest BCUT2D eigenvalue weighted by Crippen LogP contribution is -1.99. The van der Waals surface area contributed by atoms with Gasteiger partial charge in [-0.15, -0.1) is 0 Å². The molecule has 5 heteroatoms. The molecule has 0 spiro atoms. The topological polar surface area (TPSA) is 38.0 Å². The molecule has 90 valence electrons. The molecule has 0 unspecified atom stereocenters. The van der Waals surface area contributed by atoms with Crippen molar-refractivity contribution in [2.24, 2.45) is 0 Å². The Labute approximate surface area is 110 Å². The first kappa shape index (κ1) is 12.3. The van der Waals surface area contributed by atoms with Crippen LogP contribution < -0.4 is 0 Å². The van der Waals surface area contributed by atoms with Crippen molar-refractivity contribution in [2.75, 3.05) is 0 Å². The summed E-state index contributed by atoms with van der Waals surface area (Å²) in [6, 6.07) is 5.19. The molecule has 2 aromatic rings. The van der Waals surface area contributed by atoms with E-state index >= 15 is 0 Å². The highest BCUT2D eigenvalue weighted by Crippen LogP contribution is 2.30. The van der Waals surface area contributed by atoms with Gasteiger partial charge in [-0.3, -0.25) is 0 Å². The van der Waals surface area contributed by atoms with Crippen LogP contribution in [0.2, 0.25) is 10.0 Å². The highest BCUT2D eigenvalue weighted by molar-refractivity contribution is 6.36. The third-order valence-corrected chi connectivity index (χ3v) is 2.99. The first-order valence-electron chi connectivity index (χ1n) is 5.23. The van der Waals surface area contributed by atoms with Crippen molar-refractivity contribution in [1.82, 2.24) is 9.71 Å². The van der Waals surface area contributed by atoms with Gasteiger partial charge in [0.25, 0.3) is 0 Å². The summed E-state index contributed by atoms with van der Waals surface area (Å²) in [6.07, 6.45) is 1.55. The second-order valence-electron chi connectivity index (χ2n) is 4.11. The van der Waals surface area contributed by atoms with E-state index in [0.29, 0.717) is 21.6 Å². The third-order valence-electron chi connectivity index (χ3n) is 2.44. The molecular weight excluding hydrogens is 259 g/mol. The number of aromatic nitrogens is 2. The number of hydrogen-bond acceptors (Lipinski definition) is 2. The molecule has 0 saturated carbocycles. The molecule has 1 heterocycles. The molecule has 0 aliphatic rings. The van der Waals surface area contributed by atoms with Crippen molar-refractivity contribution in [3.63, 3.8) is 0 Å². The first-order valence-corrected chi connectivity index (χ1v) is 5.98. The van der Waals surface area contributed by atoms with E-state index in [1.807, 2.05) is 13.8 Å². The van der Waals surface area contributed by atoms with Gasteiger partial charge in [0.05, 0.1) is 16.9 Å². The van der Waals surface area contributed by atoms with Crippen LogP contribution in [0.1, 0.15) is 25.6 Å². The van der Waals surface area contributed by atoms with Crippen LogP contribution in [0, 0.1) is 0 Å². The van der Waals surface area contributed by atoms with Crippen molar-refractivity contribution >= 4 is 23.2 Å². The Balaban J connectivity index is 2.50. The van der Waals surface area contributed by atoms with Gasteiger partial charge in [-0.2, -0.15) is 4.73 Å². The first-order chi connectivity index (χ1) is 7.99. The number of benzene rings is 1. The summed E-state index contributed by atoms with van der Waals surface area (Å²) >= 11 is 11.9. The van der Waals surface area contributed by atoms with Crippen LogP contribution in [0.5, 0.6) is 0 Å². The Kier molecular flexibility index (Phi) is 3.31. The van der Waals surface area contributed by atoms with Gasteiger partial charge in [-0.25, -0.2) is 4.98 Å². The number of halogens is 2. The normalized spacial score (nSPS) is 11.1. The zero-order valence-corrected chi connectivity index (χ0v) is 11.0. The smallest absolute Gasteiger partial charge is 0.147 e. The molecule has 2 rings (SSSR count). The fourth-order valence-corrected chi connectivity index (χ4v) is 2.11. The van der Waals surface area contributed by atoms with Crippen molar-refractivity contribution < 1.29 is 5.21 Å². The van der Waals surface area contributed by atoms with Crippen LogP contribution >= 0.6 is 23.2 Å². The van der Waals surface area contributed by atoms with Gasteiger partial charge in [0.1, 0.15) is 5.82 Å². The molecule has 1 N–H and O–H groups in total. The summed E-state index contributed by atoms with van der Waals surface area (Å²) in [7, 11) is 0. The Morgan fingerprint density at radius 3 is 2.53 bits per heavy atom. The predicted octanol–water partition coefficient (Wildman–Crippen LogP) is 4.22. The zero-order valence-electron chi connectivity index (χ0n) is 9.48. The SMILES string of the molecule is CC(C)c1nc(-c2ccc(Cl)cc2Cl)cn1O. The van der Waals surface area contributed by atoms with Crippen LogP contribution in [0.15, 0.2) is 24.4 Å². The largest absolute Gasteiger partial charge is 0.427 e. The molecule has 0 atom stereocenters. The lowest BCUT2D eigenvalue weighted by molar-refractivity contribution is 0.173. The molecule has 0 amide bonds. The summed E-state index contributed by atoms with van der Waals surface area (Å²) in [5, 5.41) is 10.8. The zero-order chi connectivity index (χ0) is 12.6. The molecule has 0 aliphatic carbocycles. The lowest BCUT2D eigenvalue weighted by Gasteiger charge is -2.01. The molecule has 0 bridgehead atoms. The quantitative estimate of drug-likeness (QED) is 0.830. The van der Waals surface area contributed by atoms with E-state index in [0.717, 1.165) is 10.3 Å². The van der Waals surface area contributed by atoms with Crippen LogP contribution in [0.25, 0.3) is 11.3 Å². The average molecular weight is 271 g/mol. The van der Waals surface area contributed by atoms with Gasteiger partial charge in [0.15, 0.2) is 0 Å². The average Bonchev–Trinajstić information content (AvgIpc) is 2.60.